The summed E-state index contributed by atoms with van der Waals surface area (Å²) >= 11 is 0. The molecule has 0 unspecified atom stereocenters. The third-order valence-electron chi connectivity index (χ3n) is 6.46. The first-order valence-electron chi connectivity index (χ1n) is 13.5. The summed E-state index contributed by atoms with van der Waals surface area (Å²) in [5, 5.41) is 2.88. The van der Waals surface area contributed by atoms with E-state index >= 15 is 0 Å². The van der Waals surface area contributed by atoms with Crippen LogP contribution in [0.15, 0.2) is 78.9 Å². The Hall–Kier alpha value is -3.85. The highest BCUT2D eigenvalue weighted by molar-refractivity contribution is 7.92. The molecule has 0 saturated heterocycles. The number of nitrogens with zero attached hydrogens (tertiary/aromatic N) is 2. The van der Waals surface area contributed by atoms with Gasteiger partial charge in [0.1, 0.15) is 24.9 Å². The Morgan fingerprint density at radius 1 is 0.900 bits per heavy atom. The van der Waals surface area contributed by atoms with Crippen LogP contribution in [0.4, 0.5) is 5.69 Å². The fourth-order valence-electron chi connectivity index (χ4n) is 4.24. The number of benzene rings is 3. The van der Waals surface area contributed by atoms with Crippen molar-refractivity contribution in [1.82, 2.24) is 10.2 Å². The van der Waals surface area contributed by atoms with E-state index in [9.17, 15) is 18.0 Å². The summed E-state index contributed by atoms with van der Waals surface area (Å²) < 4.78 is 32.6. The standard InChI is InChI=1S/C31H39N3O5S/c1-5-20-32-31(36)29(6-2)33(21-25-14-12-24(3)13-15-25)30(35)22-34(40(4,37)38)27-16-18-28(19-17-27)39-23-26-10-8-7-9-11-26/h7-19,29H,5-6,20-23H2,1-4H3,(H,32,36)/t29-/m1/s1. The van der Waals surface area contributed by atoms with Gasteiger partial charge in [0, 0.05) is 13.1 Å². The zero-order valence-electron chi connectivity index (χ0n) is 23.7. The molecule has 1 N–H and O–H groups in total. The van der Waals surface area contributed by atoms with Crippen molar-refractivity contribution in [2.24, 2.45) is 0 Å². The fraction of sp³-hybridized carbons (Fsp3) is 0.355. The van der Waals surface area contributed by atoms with Gasteiger partial charge in [-0.25, -0.2) is 8.42 Å². The van der Waals surface area contributed by atoms with Crippen molar-refractivity contribution < 1.29 is 22.7 Å². The van der Waals surface area contributed by atoms with Crippen molar-refractivity contribution in [2.45, 2.75) is 52.8 Å². The van der Waals surface area contributed by atoms with Gasteiger partial charge in [0.2, 0.25) is 21.8 Å². The minimum atomic E-state index is -3.82. The molecule has 0 heterocycles. The molecule has 0 aromatic heterocycles. The van der Waals surface area contributed by atoms with E-state index in [1.165, 1.54) is 4.90 Å². The first-order valence-corrected chi connectivity index (χ1v) is 15.3. The van der Waals surface area contributed by atoms with E-state index in [1.54, 1.807) is 24.3 Å². The molecule has 8 nitrogen and oxygen atoms in total. The van der Waals surface area contributed by atoms with Crippen LogP contribution in [0, 0.1) is 6.92 Å². The SMILES string of the molecule is CCCNC(=O)[C@@H](CC)N(Cc1ccc(C)cc1)C(=O)CN(c1ccc(OCc2ccccc2)cc1)S(C)(=O)=O. The van der Waals surface area contributed by atoms with E-state index in [0.29, 0.717) is 31.0 Å². The molecule has 0 saturated carbocycles. The number of hydrogen-bond donors (Lipinski definition) is 1. The first kappa shape index (κ1) is 30.7. The van der Waals surface area contributed by atoms with E-state index in [4.69, 9.17) is 4.74 Å². The Bertz CT molecular complexity index is 1340. The van der Waals surface area contributed by atoms with Crippen LogP contribution < -0.4 is 14.4 Å². The zero-order chi connectivity index (χ0) is 29.1. The Kier molecular flexibility index (Phi) is 11.1. The van der Waals surface area contributed by atoms with E-state index in [2.05, 4.69) is 5.32 Å². The minimum Gasteiger partial charge on any atom is -0.489 e. The smallest absolute Gasteiger partial charge is 0.244 e. The van der Waals surface area contributed by atoms with Crippen molar-refractivity contribution >= 4 is 27.5 Å². The normalized spacial score (nSPS) is 11.9. The van der Waals surface area contributed by atoms with E-state index < -0.39 is 28.5 Å². The number of rotatable bonds is 14. The van der Waals surface area contributed by atoms with Crippen LogP contribution in [0.1, 0.15) is 43.4 Å². The third-order valence-corrected chi connectivity index (χ3v) is 7.60. The summed E-state index contributed by atoms with van der Waals surface area (Å²) in [6, 6.07) is 23.3. The molecule has 214 valence electrons. The lowest BCUT2D eigenvalue weighted by atomic mass is 10.1. The average molecular weight is 566 g/mol. The molecule has 3 rings (SSSR count). The molecule has 0 spiro atoms. The van der Waals surface area contributed by atoms with Crippen molar-refractivity contribution in [3.05, 3.63) is 95.6 Å². The molecule has 9 heteroatoms. The average Bonchev–Trinajstić information content (AvgIpc) is 2.94. The fourth-order valence-corrected chi connectivity index (χ4v) is 5.09. The monoisotopic (exact) mass is 565 g/mol. The van der Waals surface area contributed by atoms with Crippen LogP contribution >= 0.6 is 0 Å². The van der Waals surface area contributed by atoms with E-state index in [0.717, 1.165) is 33.7 Å². The second-order valence-corrected chi connectivity index (χ2v) is 11.7. The Morgan fingerprint density at radius 2 is 1.55 bits per heavy atom. The molecule has 0 bridgehead atoms. The van der Waals surface area contributed by atoms with Gasteiger partial charge in [0.05, 0.1) is 11.9 Å². The van der Waals surface area contributed by atoms with Gasteiger partial charge >= 0.3 is 0 Å². The topological polar surface area (TPSA) is 96.0 Å². The summed E-state index contributed by atoms with van der Waals surface area (Å²) in [6.45, 7) is 6.39. The van der Waals surface area contributed by atoms with Crippen molar-refractivity contribution in [3.63, 3.8) is 0 Å². The summed E-state index contributed by atoms with van der Waals surface area (Å²) in [5.41, 5.74) is 3.28. The molecule has 0 aliphatic carbocycles. The Labute approximate surface area is 238 Å². The number of sulfonamides is 1. The largest absolute Gasteiger partial charge is 0.489 e. The van der Waals surface area contributed by atoms with Gasteiger partial charge in [0.15, 0.2) is 0 Å². The molecule has 1 atom stereocenters. The lowest BCUT2D eigenvalue weighted by Gasteiger charge is -2.33. The molecule has 3 aromatic rings. The number of ether oxygens (including phenoxy) is 1. The quantitative estimate of drug-likeness (QED) is 0.306. The molecular formula is C31H39N3O5S. The highest BCUT2D eigenvalue weighted by Gasteiger charge is 2.31. The summed E-state index contributed by atoms with van der Waals surface area (Å²) in [7, 11) is -3.82. The molecule has 0 aliphatic heterocycles. The van der Waals surface area contributed by atoms with Gasteiger partial charge in [0.25, 0.3) is 0 Å². The van der Waals surface area contributed by atoms with Crippen molar-refractivity contribution in [1.29, 1.82) is 0 Å². The first-order chi connectivity index (χ1) is 19.1. The molecule has 0 aliphatic rings. The Balaban J connectivity index is 1.83. The highest BCUT2D eigenvalue weighted by atomic mass is 32.2. The van der Waals surface area contributed by atoms with Gasteiger partial charge in [-0.3, -0.25) is 13.9 Å². The van der Waals surface area contributed by atoms with Crippen LogP contribution in [0.3, 0.4) is 0 Å². The van der Waals surface area contributed by atoms with Crippen molar-refractivity contribution in [3.8, 4) is 5.75 Å². The zero-order valence-corrected chi connectivity index (χ0v) is 24.5. The van der Waals surface area contributed by atoms with Crippen LogP contribution in [0.5, 0.6) is 5.75 Å². The van der Waals surface area contributed by atoms with Crippen LogP contribution in [-0.4, -0.2) is 50.5 Å². The maximum Gasteiger partial charge on any atom is 0.244 e. The van der Waals surface area contributed by atoms with Crippen LogP contribution in [0.25, 0.3) is 0 Å². The highest BCUT2D eigenvalue weighted by Crippen LogP contribution is 2.23. The van der Waals surface area contributed by atoms with E-state index in [1.807, 2.05) is 75.4 Å². The lowest BCUT2D eigenvalue weighted by molar-refractivity contribution is -0.140. The molecular weight excluding hydrogens is 526 g/mol. The number of carbonyl (C=O) groups is 2. The van der Waals surface area contributed by atoms with Crippen molar-refractivity contribution in [2.75, 3.05) is 23.7 Å². The number of amides is 2. The lowest BCUT2D eigenvalue weighted by Crippen LogP contribution is -2.52. The van der Waals surface area contributed by atoms with Gasteiger partial charge in [-0.15, -0.1) is 0 Å². The minimum absolute atomic E-state index is 0.182. The Morgan fingerprint density at radius 3 is 2.12 bits per heavy atom. The van der Waals surface area contributed by atoms with E-state index in [-0.39, 0.29) is 12.5 Å². The van der Waals surface area contributed by atoms with Gasteiger partial charge in [-0.1, -0.05) is 74.0 Å². The number of aryl methyl sites for hydroxylation is 1. The number of nitrogens with one attached hydrogen (secondary N) is 1. The number of hydrogen-bond acceptors (Lipinski definition) is 5. The molecule has 0 radical (unpaired) electrons. The maximum absolute atomic E-state index is 13.8. The van der Waals surface area contributed by atoms with Crippen LogP contribution in [0.2, 0.25) is 0 Å². The predicted octanol–water partition coefficient (Wildman–Crippen LogP) is 4.67. The van der Waals surface area contributed by atoms with Gasteiger partial charge < -0.3 is 15.0 Å². The molecule has 3 aromatic carbocycles. The van der Waals surface area contributed by atoms with Gasteiger partial charge in [-0.2, -0.15) is 0 Å². The summed E-state index contributed by atoms with van der Waals surface area (Å²) in [4.78, 5) is 28.3. The summed E-state index contributed by atoms with van der Waals surface area (Å²) in [6.07, 6.45) is 2.22. The molecule has 2 amide bonds. The second-order valence-electron chi connectivity index (χ2n) is 9.76. The number of anilines is 1. The molecule has 0 fully saturated rings. The maximum atomic E-state index is 13.8. The molecule has 40 heavy (non-hydrogen) atoms. The predicted molar refractivity (Wildman–Crippen MR) is 159 cm³/mol. The van der Waals surface area contributed by atoms with Crippen LogP contribution in [-0.2, 0) is 32.8 Å². The third kappa shape index (κ3) is 8.84. The summed E-state index contributed by atoms with van der Waals surface area (Å²) in [5.74, 6) is -0.142. The van der Waals surface area contributed by atoms with Gasteiger partial charge in [-0.05, 0) is 55.2 Å². The second kappa shape index (κ2) is 14.5. The number of carbonyl (C=O) groups excluding carboxylic acids is 2.